The molecule has 1 N–H and O–H groups in total. The molecule has 0 fully saturated rings. The molecule has 0 unspecified atom stereocenters. The number of aryl methyl sites for hydroxylation is 2. The molecule has 1 aromatic carbocycles. The first-order valence-corrected chi connectivity index (χ1v) is 8.94. The van der Waals surface area contributed by atoms with Crippen LogP contribution in [0.15, 0.2) is 23.6 Å². The summed E-state index contributed by atoms with van der Waals surface area (Å²) in [5.41, 5.74) is 1.60. The largest absolute Gasteiger partial charge is 0.454 e. The van der Waals surface area contributed by atoms with Gasteiger partial charge in [-0.1, -0.05) is 6.07 Å². The van der Waals surface area contributed by atoms with Gasteiger partial charge < -0.3 is 14.8 Å². The predicted octanol–water partition coefficient (Wildman–Crippen LogP) is 3.55. The molecule has 24 heavy (non-hydrogen) atoms. The van der Waals surface area contributed by atoms with E-state index in [0.717, 1.165) is 40.6 Å². The third-order valence-electron chi connectivity index (χ3n) is 4.05. The quantitative estimate of drug-likeness (QED) is 0.869. The second-order valence-corrected chi connectivity index (χ2v) is 7.51. The van der Waals surface area contributed by atoms with Gasteiger partial charge in [-0.2, -0.15) is 0 Å². The molecule has 0 atom stereocenters. The number of carbonyl (C=O) groups excluding carboxylic acids is 1. The van der Waals surface area contributed by atoms with Crippen LogP contribution in [-0.2, 0) is 16.8 Å². The van der Waals surface area contributed by atoms with E-state index in [1.54, 1.807) is 11.3 Å². The summed E-state index contributed by atoms with van der Waals surface area (Å²) in [7, 11) is 0. The Hall–Kier alpha value is -2.08. The number of benzene rings is 1. The van der Waals surface area contributed by atoms with E-state index in [1.807, 2.05) is 39.0 Å². The third-order valence-corrected chi connectivity index (χ3v) is 4.87. The summed E-state index contributed by atoms with van der Waals surface area (Å²) in [4.78, 5) is 16.7. The van der Waals surface area contributed by atoms with Gasteiger partial charge in [0.1, 0.15) is 0 Å². The van der Waals surface area contributed by atoms with Crippen LogP contribution in [0.25, 0.3) is 0 Å². The minimum atomic E-state index is -0.463. The SMILES string of the molecule is Cc1nc(CCCC(=O)NC(C)(C)c2ccc3c(c2)OCO3)cs1. The van der Waals surface area contributed by atoms with Crippen molar-refractivity contribution in [3.63, 3.8) is 0 Å². The lowest BCUT2D eigenvalue weighted by atomic mass is 9.93. The van der Waals surface area contributed by atoms with E-state index in [0.29, 0.717) is 6.42 Å². The van der Waals surface area contributed by atoms with Gasteiger partial charge in [-0.25, -0.2) is 4.98 Å². The Morgan fingerprint density at radius 2 is 2.12 bits per heavy atom. The first kappa shape index (κ1) is 16.8. The fourth-order valence-electron chi connectivity index (χ4n) is 2.72. The molecule has 2 heterocycles. The molecule has 3 rings (SSSR count). The van der Waals surface area contributed by atoms with E-state index in [2.05, 4.69) is 15.7 Å². The van der Waals surface area contributed by atoms with E-state index in [4.69, 9.17) is 9.47 Å². The van der Waals surface area contributed by atoms with E-state index >= 15 is 0 Å². The van der Waals surface area contributed by atoms with Gasteiger partial charge >= 0.3 is 0 Å². The number of nitrogens with zero attached hydrogens (tertiary/aromatic N) is 1. The summed E-state index contributed by atoms with van der Waals surface area (Å²) >= 11 is 1.65. The molecule has 0 spiro atoms. The third kappa shape index (κ3) is 3.87. The molecule has 0 radical (unpaired) electrons. The van der Waals surface area contributed by atoms with Gasteiger partial charge in [0.05, 0.1) is 16.2 Å². The fraction of sp³-hybridized carbons (Fsp3) is 0.444. The monoisotopic (exact) mass is 346 g/mol. The lowest BCUT2D eigenvalue weighted by Gasteiger charge is -2.27. The van der Waals surface area contributed by atoms with Crippen LogP contribution in [0.1, 0.15) is 43.0 Å². The van der Waals surface area contributed by atoms with Crippen molar-refractivity contribution in [1.82, 2.24) is 10.3 Å². The lowest BCUT2D eigenvalue weighted by molar-refractivity contribution is -0.122. The van der Waals surface area contributed by atoms with Crippen LogP contribution in [0, 0.1) is 6.92 Å². The van der Waals surface area contributed by atoms with Gasteiger partial charge in [-0.15, -0.1) is 11.3 Å². The average Bonchev–Trinajstić information content (AvgIpc) is 3.14. The number of fused-ring (bicyclic) bond motifs is 1. The molecule has 1 aliphatic heterocycles. The summed E-state index contributed by atoms with van der Waals surface area (Å²) in [6.07, 6.45) is 2.12. The van der Waals surface area contributed by atoms with Gasteiger partial charge in [0.15, 0.2) is 11.5 Å². The van der Waals surface area contributed by atoms with Crippen molar-refractivity contribution in [2.24, 2.45) is 0 Å². The summed E-state index contributed by atoms with van der Waals surface area (Å²) in [5.74, 6) is 1.53. The summed E-state index contributed by atoms with van der Waals surface area (Å²) in [6, 6.07) is 5.78. The number of amides is 1. The lowest BCUT2D eigenvalue weighted by Crippen LogP contribution is -2.40. The number of hydrogen-bond donors (Lipinski definition) is 1. The van der Waals surface area contributed by atoms with Crippen molar-refractivity contribution in [2.45, 2.75) is 45.6 Å². The molecule has 6 heteroatoms. The van der Waals surface area contributed by atoms with Crippen molar-refractivity contribution in [1.29, 1.82) is 0 Å². The maximum atomic E-state index is 12.3. The number of hydrogen-bond acceptors (Lipinski definition) is 5. The molecule has 2 aromatic rings. The molecule has 1 amide bonds. The Kier molecular flexibility index (Phi) is 4.76. The minimum Gasteiger partial charge on any atom is -0.454 e. The second-order valence-electron chi connectivity index (χ2n) is 6.45. The molecular weight excluding hydrogens is 324 g/mol. The van der Waals surface area contributed by atoms with Crippen molar-refractivity contribution in [3.8, 4) is 11.5 Å². The molecule has 0 aliphatic carbocycles. The van der Waals surface area contributed by atoms with Gasteiger partial charge in [0.2, 0.25) is 12.7 Å². The molecule has 0 bridgehead atoms. The van der Waals surface area contributed by atoms with Gasteiger partial charge in [-0.05, 0) is 51.3 Å². The number of thiazole rings is 1. The molecule has 0 saturated heterocycles. The number of nitrogens with one attached hydrogen (secondary N) is 1. The Morgan fingerprint density at radius 3 is 2.88 bits per heavy atom. The number of rotatable bonds is 6. The minimum absolute atomic E-state index is 0.0459. The highest BCUT2D eigenvalue weighted by molar-refractivity contribution is 7.09. The van der Waals surface area contributed by atoms with Gasteiger partial charge in [-0.3, -0.25) is 4.79 Å². The highest BCUT2D eigenvalue weighted by Crippen LogP contribution is 2.35. The summed E-state index contributed by atoms with van der Waals surface area (Å²) in [6.45, 7) is 6.23. The first-order chi connectivity index (χ1) is 11.4. The topological polar surface area (TPSA) is 60.5 Å². The Bertz CT molecular complexity index is 740. The van der Waals surface area contributed by atoms with E-state index in [-0.39, 0.29) is 12.7 Å². The van der Waals surface area contributed by atoms with Crippen molar-refractivity contribution < 1.29 is 14.3 Å². The van der Waals surface area contributed by atoms with E-state index in [1.165, 1.54) is 0 Å². The van der Waals surface area contributed by atoms with E-state index in [9.17, 15) is 4.79 Å². The first-order valence-electron chi connectivity index (χ1n) is 8.06. The van der Waals surface area contributed by atoms with Crippen LogP contribution in [0.3, 0.4) is 0 Å². The van der Waals surface area contributed by atoms with Crippen molar-refractivity contribution in [2.75, 3.05) is 6.79 Å². The van der Waals surface area contributed by atoms with Crippen molar-refractivity contribution in [3.05, 3.63) is 39.8 Å². The molecule has 5 nitrogen and oxygen atoms in total. The Balaban J connectivity index is 1.54. The van der Waals surface area contributed by atoms with E-state index < -0.39 is 5.54 Å². The smallest absolute Gasteiger partial charge is 0.231 e. The predicted molar refractivity (Wildman–Crippen MR) is 93.5 cm³/mol. The Labute approximate surface area is 146 Å². The number of ether oxygens (including phenoxy) is 2. The average molecular weight is 346 g/mol. The fourth-order valence-corrected chi connectivity index (χ4v) is 3.37. The second kappa shape index (κ2) is 6.81. The highest BCUT2D eigenvalue weighted by atomic mass is 32.1. The van der Waals surface area contributed by atoms with Gasteiger partial charge in [0.25, 0.3) is 0 Å². The van der Waals surface area contributed by atoms with Crippen LogP contribution in [0.4, 0.5) is 0 Å². The zero-order chi connectivity index (χ0) is 17.2. The standard InChI is InChI=1S/C18H22N2O3S/c1-12-19-14(10-24-12)5-4-6-17(21)20-18(2,3)13-7-8-15-16(9-13)23-11-22-15/h7-10H,4-6,11H2,1-3H3,(H,20,21). The molecule has 128 valence electrons. The maximum Gasteiger partial charge on any atom is 0.231 e. The Morgan fingerprint density at radius 1 is 1.33 bits per heavy atom. The van der Waals surface area contributed by atoms with Crippen LogP contribution < -0.4 is 14.8 Å². The molecule has 0 saturated carbocycles. The number of aromatic nitrogens is 1. The zero-order valence-electron chi connectivity index (χ0n) is 14.2. The normalized spacial score (nSPS) is 13.1. The van der Waals surface area contributed by atoms with Crippen LogP contribution in [0.2, 0.25) is 0 Å². The van der Waals surface area contributed by atoms with Crippen LogP contribution in [0.5, 0.6) is 11.5 Å². The summed E-state index contributed by atoms with van der Waals surface area (Å²) < 4.78 is 10.7. The highest BCUT2D eigenvalue weighted by Gasteiger charge is 2.25. The maximum absolute atomic E-state index is 12.3. The number of carbonyl (C=O) groups is 1. The van der Waals surface area contributed by atoms with Crippen LogP contribution in [-0.4, -0.2) is 17.7 Å². The van der Waals surface area contributed by atoms with Gasteiger partial charge in [0, 0.05) is 11.8 Å². The summed E-state index contributed by atoms with van der Waals surface area (Å²) in [5, 5.41) is 6.23. The molecule has 1 aliphatic rings. The van der Waals surface area contributed by atoms with Crippen LogP contribution >= 0.6 is 11.3 Å². The zero-order valence-corrected chi connectivity index (χ0v) is 15.0. The molecule has 1 aromatic heterocycles. The molecular formula is C18H22N2O3S. The van der Waals surface area contributed by atoms with Crippen molar-refractivity contribution >= 4 is 17.2 Å².